The zero-order chi connectivity index (χ0) is 11.4. The summed E-state index contributed by atoms with van der Waals surface area (Å²) >= 11 is 0. The minimum absolute atomic E-state index is 0.320. The van der Waals surface area contributed by atoms with Gasteiger partial charge in [0.15, 0.2) is 0 Å². The Balaban J connectivity index is 4.89. The van der Waals surface area contributed by atoms with Crippen LogP contribution in [0.3, 0.4) is 0 Å². The molecule has 0 fully saturated rings. The first-order valence-corrected chi connectivity index (χ1v) is 5.66. The number of hydrogen-bond donors (Lipinski definition) is 0. The van der Waals surface area contributed by atoms with Gasteiger partial charge in [-0.15, -0.1) is 0 Å². The minimum atomic E-state index is 0.320. The molecule has 0 heteroatoms. The maximum absolute atomic E-state index is 2.34. The minimum Gasteiger partial charge on any atom is -0.0764 e. The van der Waals surface area contributed by atoms with E-state index in [1.54, 1.807) is 5.57 Å². The van der Waals surface area contributed by atoms with Crippen molar-refractivity contribution in [3.8, 4) is 0 Å². The Morgan fingerprint density at radius 1 is 1.14 bits per heavy atom. The monoisotopic (exact) mass is 194 g/mol. The van der Waals surface area contributed by atoms with Gasteiger partial charge < -0.3 is 0 Å². The normalized spacial score (nSPS) is 13.3. The first kappa shape index (κ1) is 13.5. The van der Waals surface area contributed by atoms with Crippen molar-refractivity contribution in [2.45, 2.75) is 54.9 Å². The Bertz CT molecular complexity index is 222. The van der Waals surface area contributed by atoms with Crippen molar-refractivity contribution in [3.05, 3.63) is 23.3 Å². The third kappa shape index (κ3) is 3.69. The summed E-state index contributed by atoms with van der Waals surface area (Å²) in [5.41, 5.74) is 3.24. The molecule has 0 aliphatic rings. The molecule has 14 heavy (non-hydrogen) atoms. The molecule has 0 aromatic rings. The lowest BCUT2D eigenvalue weighted by atomic mass is 9.73. The molecule has 0 saturated carbocycles. The van der Waals surface area contributed by atoms with Gasteiger partial charge in [0.2, 0.25) is 0 Å². The molecule has 0 unspecified atom stereocenters. The highest BCUT2D eigenvalue weighted by atomic mass is 14.3. The van der Waals surface area contributed by atoms with Crippen molar-refractivity contribution in [3.63, 3.8) is 0 Å². The molecule has 0 nitrogen and oxygen atoms in total. The summed E-state index contributed by atoms with van der Waals surface area (Å²) in [5, 5.41) is 0. The third-order valence-corrected chi connectivity index (χ3v) is 3.27. The fraction of sp³-hybridized carbons (Fsp3) is 0.714. The maximum Gasteiger partial charge on any atom is -0.0119 e. The zero-order valence-electron chi connectivity index (χ0n) is 10.9. The second-order valence-electron chi connectivity index (χ2n) is 5.17. The van der Waals surface area contributed by atoms with Crippen LogP contribution >= 0.6 is 0 Å². The van der Waals surface area contributed by atoms with E-state index in [0.717, 1.165) is 6.42 Å². The van der Waals surface area contributed by atoms with E-state index in [4.69, 9.17) is 0 Å². The topological polar surface area (TPSA) is 0 Å². The van der Waals surface area contributed by atoms with Crippen LogP contribution in [0.25, 0.3) is 0 Å². The Hall–Kier alpha value is -0.520. The van der Waals surface area contributed by atoms with Gasteiger partial charge in [-0.3, -0.25) is 0 Å². The van der Waals surface area contributed by atoms with Crippen molar-refractivity contribution >= 4 is 0 Å². The van der Waals surface area contributed by atoms with Crippen molar-refractivity contribution in [2.75, 3.05) is 0 Å². The Kier molecular flexibility index (Phi) is 5.18. The van der Waals surface area contributed by atoms with Gasteiger partial charge in [-0.2, -0.15) is 0 Å². The predicted octanol–water partition coefficient (Wildman–Crippen LogP) is 4.97. The average Bonchev–Trinajstić information content (AvgIpc) is 2.04. The summed E-state index contributed by atoms with van der Waals surface area (Å²) in [4.78, 5) is 0. The Morgan fingerprint density at radius 3 is 1.93 bits per heavy atom. The molecule has 0 atom stereocenters. The van der Waals surface area contributed by atoms with Crippen LogP contribution in [0.2, 0.25) is 0 Å². The van der Waals surface area contributed by atoms with E-state index in [0.29, 0.717) is 11.3 Å². The standard InChI is InChI=1S/C14H26/c1-8-13(10-9-11(2)3)14(6,7)12(4)5/h9-10,12H,8H2,1-7H3. The van der Waals surface area contributed by atoms with Gasteiger partial charge in [-0.1, -0.05) is 57.9 Å². The first-order valence-electron chi connectivity index (χ1n) is 5.66. The molecular weight excluding hydrogens is 168 g/mol. The van der Waals surface area contributed by atoms with Crippen LogP contribution in [-0.2, 0) is 0 Å². The third-order valence-electron chi connectivity index (χ3n) is 3.27. The van der Waals surface area contributed by atoms with Gasteiger partial charge in [0.25, 0.3) is 0 Å². The SMILES string of the molecule is CCC(=CC=C(C)C)C(C)(C)C(C)C. The fourth-order valence-corrected chi connectivity index (χ4v) is 1.43. The fourth-order valence-electron chi connectivity index (χ4n) is 1.43. The predicted molar refractivity (Wildman–Crippen MR) is 66.4 cm³/mol. The van der Waals surface area contributed by atoms with Crippen molar-refractivity contribution in [2.24, 2.45) is 11.3 Å². The quantitative estimate of drug-likeness (QED) is 0.554. The van der Waals surface area contributed by atoms with Gasteiger partial charge >= 0.3 is 0 Å². The zero-order valence-corrected chi connectivity index (χ0v) is 10.9. The average molecular weight is 194 g/mol. The van der Waals surface area contributed by atoms with E-state index in [9.17, 15) is 0 Å². The number of allylic oxidation sites excluding steroid dienone is 4. The van der Waals surface area contributed by atoms with E-state index >= 15 is 0 Å². The van der Waals surface area contributed by atoms with E-state index in [1.807, 2.05) is 0 Å². The lowest BCUT2D eigenvalue weighted by molar-refractivity contribution is 0.303. The Labute approximate surface area is 90.1 Å². The maximum atomic E-state index is 2.34. The summed E-state index contributed by atoms with van der Waals surface area (Å²) < 4.78 is 0. The number of hydrogen-bond acceptors (Lipinski definition) is 0. The summed E-state index contributed by atoms with van der Waals surface area (Å²) in [6, 6.07) is 0. The van der Waals surface area contributed by atoms with Crippen LogP contribution in [0.5, 0.6) is 0 Å². The molecule has 82 valence electrons. The van der Waals surface area contributed by atoms with E-state index < -0.39 is 0 Å². The van der Waals surface area contributed by atoms with E-state index in [-0.39, 0.29) is 0 Å². The van der Waals surface area contributed by atoms with Crippen LogP contribution in [-0.4, -0.2) is 0 Å². The second-order valence-corrected chi connectivity index (χ2v) is 5.17. The molecule has 0 saturated heterocycles. The molecule has 0 rings (SSSR count). The van der Waals surface area contributed by atoms with Crippen LogP contribution in [0, 0.1) is 11.3 Å². The van der Waals surface area contributed by atoms with Crippen LogP contribution in [0.4, 0.5) is 0 Å². The van der Waals surface area contributed by atoms with Crippen molar-refractivity contribution in [1.29, 1.82) is 0 Å². The molecule has 0 aliphatic heterocycles. The van der Waals surface area contributed by atoms with Crippen LogP contribution < -0.4 is 0 Å². The second kappa shape index (κ2) is 5.38. The molecule has 0 amide bonds. The van der Waals surface area contributed by atoms with Gasteiger partial charge in [-0.25, -0.2) is 0 Å². The van der Waals surface area contributed by atoms with E-state index in [2.05, 4.69) is 60.6 Å². The lowest BCUT2D eigenvalue weighted by Gasteiger charge is -2.32. The first-order chi connectivity index (χ1) is 6.32. The van der Waals surface area contributed by atoms with Crippen molar-refractivity contribution in [1.82, 2.24) is 0 Å². The molecule has 0 aromatic carbocycles. The summed E-state index contributed by atoms with van der Waals surface area (Å²) in [6.45, 7) is 15.8. The smallest absolute Gasteiger partial charge is 0.0119 e. The Morgan fingerprint density at radius 2 is 1.64 bits per heavy atom. The molecule has 0 bridgehead atoms. The molecular formula is C14H26. The summed E-state index contributed by atoms with van der Waals surface area (Å²) in [5.74, 6) is 0.694. The number of rotatable bonds is 4. The molecule has 0 spiro atoms. The molecule has 0 radical (unpaired) electrons. The summed E-state index contributed by atoms with van der Waals surface area (Å²) in [6.07, 6.45) is 5.67. The highest BCUT2D eigenvalue weighted by Crippen LogP contribution is 2.36. The highest BCUT2D eigenvalue weighted by molar-refractivity contribution is 5.21. The lowest BCUT2D eigenvalue weighted by Crippen LogP contribution is -2.21. The molecule has 0 aliphatic carbocycles. The van der Waals surface area contributed by atoms with Crippen molar-refractivity contribution < 1.29 is 0 Å². The van der Waals surface area contributed by atoms with Gasteiger partial charge in [0.1, 0.15) is 0 Å². The summed E-state index contributed by atoms with van der Waals surface area (Å²) in [7, 11) is 0. The highest BCUT2D eigenvalue weighted by Gasteiger charge is 2.25. The van der Waals surface area contributed by atoms with Gasteiger partial charge in [-0.05, 0) is 31.6 Å². The van der Waals surface area contributed by atoms with Crippen LogP contribution in [0.1, 0.15) is 54.9 Å². The molecule has 0 heterocycles. The van der Waals surface area contributed by atoms with Gasteiger partial charge in [0.05, 0.1) is 0 Å². The van der Waals surface area contributed by atoms with Crippen LogP contribution in [0.15, 0.2) is 23.3 Å². The van der Waals surface area contributed by atoms with Gasteiger partial charge in [0, 0.05) is 0 Å². The molecule has 0 aromatic heterocycles. The largest absolute Gasteiger partial charge is 0.0764 e. The van der Waals surface area contributed by atoms with E-state index in [1.165, 1.54) is 5.57 Å². The molecule has 0 N–H and O–H groups in total.